The molecule has 22 heavy (non-hydrogen) atoms. The van der Waals surface area contributed by atoms with Gasteiger partial charge in [-0.2, -0.15) is 0 Å². The smallest absolute Gasteiger partial charge is 0.408 e. The van der Waals surface area contributed by atoms with Crippen LogP contribution in [0, 0.1) is 5.41 Å². The van der Waals surface area contributed by atoms with Crippen molar-refractivity contribution in [2.75, 3.05) is 6.54 Å². The Morgan fingerprint density at radius 2 is 1.82 bits per heavy atom. The summed E-state index contributed by atoms with van der Waals surface area (Å²) in [6, 6.07) is 0.533. The van der Waals surface area contributed by atoms with E-state index in [0.717, 1.165) is 19.4 Å². The molecular weight excluding hydrogens is 276 g/mol. The maximum atomic E-state index is 12.2. The van der Waals surface area contributed by atoms with E-state index in [1.54, 1.807) is 0 Å². The molecule has 0 bridgehead atoms. The number of amides is 1. The molecule has 1 unspecified atom stereocenters. The predicted molar refractivity (Wildman–Crippen MR) is 92.1 cm³/mol. The van der Waals surface area contributed by atoms with Gasteiger partial charge >= 0.3 is 6.09 Å². The largest absolute Gasteiger partial charge is 0.444 e. The van der Waals surface area contributed by atoms with Crippen molar-refractivity contribution in [1.82, 2.24) is 10.6 Å². The summed E-state index contributed by atoms with van der Waals surface area (Å²) >= 11 is 0. The number of carbonyl (C=O) groups excluding carboxylic acids is 1. The van der Waals surface area contributed by atoms with Gasteiger partial charge in [-0.1, -0.05) is 34.1 Å². The Kier molecular flexibility index (Phi) is 6.31. The van der Waals surface area contributed by atoms with Crippen molar-refractivity contribution in [3.8, 4) is 0 Å². The molecule has 2 N–H and O–H groups in total. The Morgan fingerprint density at radius 1 is 1.23 bits per heavy atom. The molecule has 0 radical (unpaired) electrons. The molecule has 1 aliphatic carbocycles. The fourth-order valence-corrected chi connectivity index (χ4v) is 3.26. The minimum Gasteiger partial charge on any atom is -0.444 e. The Morgan fingerprint density at radius 3 is 2.23 bits per heavy atom. The Hall–Kier alpha value is -0.770. The molecule has 1 rings (SSSR count). The molecule has 0 aliphatic heterocycles. The first kappa shape index (κ1) is 19.3. The van der Waals surface area contributed by atoms with Crippen LogP contribution in [0.15, 0.2) is 0 Å². The monoisotopic (exact) mass is 312 g/mol. The summed E-state index contributed by atoms with van der Waals surface area (Å²) in [5.74, 6) is 0. The van der Waals surface area contributed by atoms with E-state index in [1.165, 1.54) is 19.3 Å². The normalized spacial score (nSPS) is 21.7. The lowest BCUT2D eigenvalue weighted by Crippen LogP contribution is -2.57. The minimum atomic E-state index is -0.460. The van der Waals surface area contributed by atoms with Crippen molar-refractivity contribution in [1.29, 1.82) is 0 Å². The van der Waals surface area contributed by atoms with Gasteiger partial charge in [-0.15, -0.1) is 0 Å². The van der Waals surface area contributed by atoms with Crippen LogP contribution in [0.5, 0.6) is 0 Å². The van der Waals surface area contributed by atoms with Crippen LogP contribution in [0.3, 0.4) is 0 Å². The Labute approximate surface area is 136 Å². The lowest BCUT2D eigenvalue weighted by Gasteiger charge is -2.37. The number of hydrogen-bond donors (Lipinski definition) is 2. The van der Waals surface area contributed by atoms with Gasteiger partial charge in [0.2, 0.25) is 0 Å². The van der Waals surface area contributed by atoms with Crippen LogP contribution in [0.25, 0.3) is 0 Å². The number of hydrogen-bond acceptors (Lipinski definition) is 3. The maximum absolute atomic E-state index is 12.2. The third-order valence-corrected chi connectivity index (χ3v) is 5.06. The van der Waals surface area contributed by atoms with Gasteiger partial charge in [-0.05, 0) is 51.9 Å². The second-order valence-corrected chi connectivity index (χ2v) is 8.43. The molecular formula is C18H36N2O2. The predicted octanol–water partition coefficient (Wildman–Crippen LogP) is 4.24. The van der Waals surface area contributed by atoms with Gasteiger partial charge in [0.25, 0.3) is 0 Å². The molecule has 1 saturated carbocycles. The fourth-order valence-electron chi connectivity index (χ4n) is 3.26. The van der Waals surface area contributed by atoms with Crippen LogP contribution in [-0.2, 0) is 4.74 Å². The van der Waals surface area contributed by atoms with E-state index in [4.69, 9.17) is 4.74 Å². The number of carbonyl (C=O) groups is 1. The molecule has 4 nitrogen and oxygen atoms in total. The molecule has 1 fully saturated rings. The highest BCUT2D eigenvalue weighted by atomic mass is 16.6. The van der Waals surface area contributed by atoms with Crippen LogP contribution in [0.1, 0.15) is 80.6 Å². The molecule has 4 heteroatoms. The van der Waals surface area contributed by atoms with Crippen molar-refractivity contribution in [2.45, 2.75) is 97.8 Å². The highest BCUT2D eigenvalue weighted by molar-refractivity contribution is 5.68. The van der Waals surface area contributed by atoms with Gasteiger partial charge in [0.15, 0.2) is 0 Å². The molecule has 0 aromatic rings. The van der Waals surface area contributed by atoms with Gasteiger partial charge in [-0.3, -0.25) is 0 Å². The lowest BCUT2D eigenvalue weighted by atomic mass is 9.86. The standard InChI is InChI=1S/C18H36N2O2/c1-8-18(9-2,20-15(21)22-16(3,4)5)13-19-14-11-10-12-17(14,6)7/h14,19H,8-13H2,1-7H3,(H,20,21). The minimum absolute atomic E-state index is 0.235. The zero-order valence-electron chi connectivity index (χ0n) is 15.6. The molecule has 0 heterocycles. The molecule has 0 aromatic heterocycles. The molecule has 1 aliphatic rings. The van der Waals surface area contributed by atoms with E-state index in [9.17, 15) is 4.79 Å². The summed E-state index contributed by atoms with van der Waals surface area (Å²) < 4.78 is 5.43. The summed E-state index contributed by atoms with van der Waals surface area (Å²) in [5.41, 5.74) is -0.349. The second-order valence-electron chi connectivity index (χ2n) is 8.43. The van der Waals surface area contributed by atoms with E-state index < -0.39 is 5.60 Å². The van der Waals surface area contributed by atoms with Gasteiger partial charge in [0.1, 0.15) is 5.60 Å². The zero-order valence-corrected chi connectivity index (χ0v) is 15.6. The van der Waals surface area contributed by atoms with Crippen LogP contribution < -0.4 is 10.6 Å². The van der Waals surface area contributed by atoms with Gasteiger partial charge in [0.05, 0.1) is 5.54 Å². The third-order valence-electron chi connectivity index (χ3n) is 5.06. The highest BCUT2D eigenvalue weighted by Crippen LogP contribution is 2.37. The van der Waals surface area contributed by atoms with Crippen LogP contribution >= 0.6 is 0 Å². The molecule has 1 amide bonds. The first-order chi connectivity index (χ1) is 10.0. The van der Waals surface area contributed by atoms with Crippen LogP contribution in [0.2, 0.25) is 0 Å². The quantitative estimate of drug-likeness (QED) is 0.771. The van der Waals surface area contributed by atoms with Gasteiger partial charge in [-0.25, -0.2) is 4.79 Å². The van der Waals surface area contributed by atoms with E-state index in [2.05, 4.69) is 38.3 Å². The maximum Gasteiger partial charge on any atom is 0.408 e. The van der Waals surface area contributed by atoms with Crippen molar-refractivity contribution in [2.24, 2.45) is 5.41 Å². The van der Waals surface area contributed by atoms with Gasteiger partial charge in [0, 0.05) is 12.6 Å². The Bertz CT molecular complexity index is 368. The summed E-state index contributed by atoms with van der Waals surface area (Å²) in [7, 11) is 0. The summed E-state index contributed by atoms with van der Waals surface area (Å²) in [6.07, 6.45) is 5.25. The third kappa shape index (κ3) is 5.45. The molecule has 130 valence electrons. The number of ether oxygens (including phenoxy) is 1. The van der Waals surface area contributed by atoms with E-state index in [1.807, 2.05) is 20.8 Å². The lowest BCUT2D eigenvalue weighted by molar-refractivity contribution is 0.0441. The second kappa shape index (κ2) is 7.20. The fraction of sp³-hybridized carbons (Fsp3) is 0.944. The van der Waals surface area contributed by atoms with Crippen molar-refractivity contribution in [3.63, 3.8) is 0 Å². The number of alkyl carbamates (subject to hydrolysis) is 1. The first-order valence-electron chi connectivity index (χ1n) is 8.78. The number of rotatable bonds is 6. The Balaban J connectivity index is 2.64. The summed E-state index contributed by atoms with van der Waals surface area (Å²) in [5, 5.41) is 6.83. The highest BCUT2D eigenvalue weighted by Gasteiger charge is 2.37. The molecule has 1 atom stereocenters. The average Bonchev–Trinajstić information content (AvgIpc) is 2.71. The van der Waals surface area contributed by atoms with Crippen molar-refractivity contribution in [3.05, 3.63) is 0 Å². The molecule has 0 spiro atoms. The average molecular weight is 312 g/mol. The topological polar surface area (TPSA) is 50.4 Å². The van der Waals surface area contributed by atoms with Gasteiger partial charge < -0.3 is 15.4 Å². The summed E-state index contributed by atoms with van der Waals surface area (Å²) in [4.78, 5) is 12.2. The number of nitrogens with one attached hydrogen (secondary N) is 2. The first-order valence-corrected chi connectivity index (χ1v) is 8.78. The zero-order chi connectivity index (χ0) is 17.0. The molecule has 0 saturated heterocycles. The summed E-state index contributed by atoms with van der Waals surface area (Å²) in [6.45, 7) is 15.4. The van der Waals surface area contributed by atoms with Crippen molar-refractivity contribution < 1.29 is 9.53 Å². The van der Waals surface area contributed by atoms with Crippen LogP contribution in [0.4, 0.5) is 4.79 Å². The molecule has 0 aromatic carbocycles. The van der Waals surface area contributed by atoms with E-state index in [0.29, 0.717) is 11.5 Å². The van der Waals surface area contributed by atoms with Crippen molar-refractivity contribution >= 4 is 6.09 Å². The van der Waals surface area contributed by atoms with Crippen LogP contribution in [-0.4, -0.2) is 29.8 Å². The SMILES string of the molecule is CCC(CC)(CNC1CCCC1(C)C)NC(=O)OC(C)(C)C. The van der Waals surface area contributed by atoms with E-state index >= 15 is 0 Å². The van der Waals surface area contributed by atoms with E-state index in [-0.39, 0.29) is 11.6 Å².